The van der Waals surface area contributed by atoms with Gasteiger partial charge in [0.1, 0.15) is 0 Å². The predicted molar refractivity (Wildman–Crippen MR) is 86.2 cm³/mol. The predicted octanol–water partition coefficient (Wildman–Crippen LogP) is 4.53. The van der Waals surface area contributed by atoms with E-state index in [1.165, 1.54) is 23.5 Å². The molecule has 120 valence electrons. The number of hydrogen-bond donors (Lipinski definition) is 0. The van der Waals surface area contributed by atoms with E-state index in [-0.39, 0.29) is 0 Å². The third-order valence-corrected chi connectivity index (χ3v) is 5.54. The molecule has 0 radical (unpaired) electrons. The topological polar surface area (TPSA) is 17.3 Å². The molecule has 2 nitrogen and oxygen atoms in total. The second-order valence-corrected chi connectivity index (χ2v) is 7.92. The molecule has 2 heterocycles. The summed E-state index contributed by atoms with van der Waals surface area (Å²) in [5.74, 6) is 1.96. The Kier molecular flexibility index (Phi) is 4.29. The molecule has 0 aliphatic carbocycles. The number of rotatable bonds is 2. The zero-order valence-corrected chi connectivity index (χ0v) is 14.0. The van der Waals surface area contributed by atoms with E-state index in [1.54, 1.807) is 11.8 Å². The number of aryl methyl sites for hydroxylation is 1. The second-order valence-electron chi connectivity index (χ2n) is 5.80. The number of halogens is 3. The zero-order valence-electron chi connectivity index (χ0n) is 12.4. The Hall–Kier alpha value is -0.950. The number of nitrogens with zero attached hydrogens (tertiary/aromatic N) is 2. The van der Waals surface area contributed by atoms with Crippen molar-refractivity contribution >= 4 is 33.3 Å². The Bertz CT molecular complexity index is 756. The average Bonchev–Trinajstić information content (AvgIpc) is 2.62. The molecule has 1 aliphatic rings. The van der Waals surface area contributed by atoms with Gasteiger partial charge in [-0.15, -0.1) is 0 Å². The molecule has 2 aromatic rings. The highest BCUT2D eigenvalue weighted by atomic mass is 32.2. The largest absolute Gasteiger partial charge is 0.416 e. The molecule has 0 fully saturated rings. The lowest BCUT2D eigenvalue weighted by molar-refractivity contribution is -0.137. The van der Waals surface area contributed by atoms with Crippen molar-refractivity contribution in [1.29, 1.82) is 0 Å². The van der Waals surface area contributed by atoms with Gasteiger partial charge in [0.05, 0.1) is 15.8 Å². The third-order valence-electron chi connectivity index (χ3n) is 3.49. The van der Waals surface area contributed by atoms with Gasteiger partial charge in [0.15, 0.2) is 4.80 Å². The first-order valence-electron chi connectivity index (χ1n) is 7.18. The van der Waals surface area contributed by atoms with Crippen LogP contribution in [0.15, 0.2) is 17.1 Å². The van der Waals surface area contributed by atoms with Gasteiger partial charge in [-0.3, -0.25) is 4.99 Å². The Balaban J connectivity index is 2.24. The summed E-state index contributed by atoms with van der Waals surface area (Å²) < 4.78 is 42.0. The number of benzene rings is 1. The summed E-state index contributed by atoms with van der Waals surface area (Å²) in [6.45, 7) is 5.67. The van der Waals surface area contributed by atoms with Crippen LogP contribution in [0.5, 0.6) is 0 Å². The van der Waals surface area contributed by atoms with E-state index < -0.39 is 11.7 Å². The number of thiazole rings is 1. The normalized spacial score (nSPS) is 16.5. The number of hydrogen-bond acceptors (Lipinski definition) is 3. The molecule has 0 unspecified atom stereocenters. The lowest BCUT2D eigenvalue weighted by Gasteiger charge is -2.10. The molecule has 0 bridgehead atoms. The minimum Gasteiger partial charge on any atom is -0.316 e. The van der Waals surface area contributed by atoms with Crippen molar-refractivity contribution in [3.8, 4) is 0 Å². The summed E-state index contributed by atoms with van der Waals surface area (Å²) in [6, 6.07) is 2.57. The van der Waals surface area contributed by atoms with Gasteiger partial charge in [-0.05, 0) is 23.6 Å². The van der Waals surface area contributed by atoms with Crippen molar-refractivity contribution in [2.45, 2.75) is 32.3 Å². The average molecular weight is 346 g/mol. The van der Waals surface area contributed by atoms with E-state index in [4.69, 9.17) is 0 Å². The van der Waals surface area contributed by atoms with E-state index in [0.717, 1.165) is 28.2 Å². The van der Waals surface area contributed by atoms with E-state index in [2.05, 4.69) is 23.4 Å². The first kappa shape index (κ1) is 15.9. The van der Waals surface area contributed by atoms with E-state index in [1.807, 2.05) is 0 Å². The Morgan fingerprint density at radius 3 is 2.77 bits per heavy atom. The van der Waals surface area contributed by atoms with Crippen LogP contribution in [0.2, 0.25) is 0 Å². The number of thioether (sulfide) groups is 1. The lowest BCUT2D eigenvalue weighted by atomic mass is 10.1. The highest BCUT2D eigenvalue weighted by Gasteiger charge is 2.32. The van der Waals surface area contributed by atoms with Crippen LogP contribution >= 0.6 is 23.1 Å². The maximum absolute atomic E-state index is 13.1. The molecule has 0 spiro atoms. The van der Waals surface area contributed by atoms with Crippen LogP contribution in [0.3, 0.4) is 0 Å². The quantitative estimate of drug-likeness (QED) is 0.781. The third kappa shape index (κ3) is 3.06. The summed E-state index contributed by atoms with van der Waals surface area (Å²) in [6.07, 6.45) is -4.30. The first-order valence-corrected chi connectivity index (χ1v) is 9.15. The van der Waals surface area contributed by atoms with Crippen LogP contribution in [0.25, 0.3) is 10.2 Å². The van der Waals surface area contributed by atoms with E-state index in [0.29, 0.717) is 22.9 Å². The molecule has 7 heteroatoms. The fraction of sp³-hybridized carbons (Fsp3) is 0.533. The summed E-state index contributed by atoms with van der Waals surface area (Å²) in [4.78, 5) is 5.45. The molecule has 1 aliphatic heterocycles. The van der Waals surface area contributed by atoms with Gasteiger partial charge >= 0.3 is 6.18 Å². The van der Waals surface area contributed by atoms with Gasteiger partial charge < -0.3 is 4.57 Å². The lowest BCUT2D eigenvalue weighted by Crippen LogP contribution is -2.17. The highest BCUT2D eigenvalue weighted by molar-refractivity contribution is 7.98. The molecule has 22 heavy (non-hydrogen) atoms. The van der Waals surface area contributed by atoms with E-state index >= 15 is 0 Å². The van der Waals surface area contributed by atoms with Gasteiger partial charge in [-0.2, -0.15) is 24.9 Å². The first-order chi connectivity index (χ1) is 10.4. The molecule has 0 atom stereocenters. The van der Waals surface area contributed by atoms with Gasteiger partial charge in [-0.25, -0.2) is 0 Å². The Morgan fingerprint density at radius 1 is 1.32 bits per heavy atom. The van der Waals surface area contributed by atoms with Crippen LogP contribution < -0.4 is 4.80 Å². The molecular formula is C15H17F3N2S2. The monoisotopic (exact) mass is 346 g/mol. The van der Waals surface area contributed by atoms with Crippen molar-refractivity contribution in [3.63, 3.8) is 0 Å². The maximum atomic E-state index is 13.1. The van der Waals surface area contributed by atoms with Gasteiger partial charge in [0.25, 0.3) is 0 Å². The van der Waals surface area contributed by atoms with Crippen LogP contribution in [0.4, 0.5) is 13.2 Å². The fourth-order valence-electron chi connectivity index (χ4n) is 2.50. The fourth-order valence-corrected chi connectivity index (χ4v) is 4.54. The standard InChI is InChI=1S/C15H17F3N2S2/c1-9(2)7-19-14-20-3-4-21-8-10-5-11(15(16,17)18)6-12(22-14)13(10)20/h5-6,9H,3-4,7-8H2,1-2H3. The van der Waals surface area contributed by atoms with Crippen molar-refractivity contribution < 1.29 is 13.2 Å². The maximum Gasteiger partial charge on any atom is 0.416 e. The smallest absolute Gasteiger partial charge is 0.316 e. The Labute approximate surface area is 135 Å². The molecule has 0 amide bonds. The van der Waals surface area contributed by atoms with Crippen LogP contribution in [-0.2, 0) is 18.5 Å². The van der Waals surface area contributed by atoms with Crippen molar-refractivity contribution in [1.82, 2.24) is 4.57 Å². The zero-order chi connectivity index (χ0) is 15.9. The molecule has 1 aromatic carbocycles. The summed E-state index contributed by atoms with van der Waals surface area (Å²) in [5.41, 5.74) is 1.15. The minimum atomic E-state index is -4.30. The van der Waals surface area contributed by atoms with Gasteiger partial charge in [-0.1, -0.05) is 25.2 Å². The Morgan fingerprint density at radius 2 is 2.09 bits per heavy atom. The van der Waals surface area contributed by atoms with Gasteiger partial charge in [0, 0.05) is 24.6 Å². The van der Waals surface area contributed by atoms with E-state index in [9.17, 15) is 13.2 Å². The molecule has 0 N–H and O–H groups in total. The van der Waals surface area contributed by atoms with Crippen LogP contribution in [0.1, 0.15) is 25.0 Å². The van der Waals surface area contributed by atoms with Crippen molar-refractivity contribution in [3.05, 3.63) is 28.1 Å². The highest BCUT2D eigenvalue weighted by Crippen LogP contribution is 2.36. The van der Waals surface area contributed by atoms with Crippen LogP contribution in [-0.4, -0.2) is 16.9 Å². The minimum absolute atomic E-state index is 0.434. The summed E-state index contributed by atoms with van der Waals surface area (Å²) >= 11 is 3.05. The summed E-state index contributed by atoms with van der Waals surface area (Å²) in [7, 11) is 0. The van der Waals surface area contributed by atoms with Crippen molar-refractivity contribution in [2.75, 3.05) is 12.3 Å². The van der Waals surface area contributed by atoms with Crippen molar-refractivity contribution in [2.24, 2.45) is 10.9 Å². The molecule has 0 saturated heterocycles. The molecular weight excluding hydrogens is 329 g/mol. The number of aromatic nitrogens is 1. The van der Waals surface area contributed by atoms with Crippen LogP contribution in [0, 0.1) is 5.92 Å². The van der Waals surface area contributed by atoms with Gasteiger partial charge in [0.2, 0.25) is 0 Å². The molecule has 3 rings (SSSR count). The second kappa shape index (κ2) is 5.92. The molecule has 0 saturated carbocycles. The SMILES string of the molecule is CC(C)CN=c1sc2cc(C(F)(F)F)cc3c2n1CCSC3. The summed E-state index contributed by atoms with van der Waals surface area (Å²) in [5, 5.41) is 0. The number of alkyl halides is 3. The molecule has 1 aromatic heterocycles.